The Morgan fingerprint density at radius 2 is 2.13 bits per heavy atom. The van der Waals surface area contributed by atoms with E-state index in [2.05, 4.69) is 43.4 Å². The molecule has 2 nitrogen and oxygen atoms in total. The van der Waals surface area contributed by atoms with E-state index in [1.165, 1.54) is 11.3 Å². The highest BCUT2D eigenvalue weighted by Gasteiger charge is 2.09. The first-order chi connectivity index (χ1) is 7.17. The van der Waals surface area contributed by atoms with E-state index in [9.17, 15) is 0 Å². The van der Waals surface area contributed by atoms with Gasteiger partial charge in [-0.05, 0) is 31.2 Å². The highest BCUT2D eigenvalue weighted by atomic mass is 32.2. The Labute approximate surface area is 96.9 Å². The zero-order valence-corrected chi connectivity index (χ0v) is 10.8. The molecule has 1 heterocycles. The van der Waals surface area contributed by atoms with E-state index >= 15 is 0 Å². The average Bonchev–Trinajstić information content (AvgIpc) is 2.29. The van der Waals surface area contributed by atoms with Crippen molar-refractivity contribution in [1.29, 1.82) is 0 Å². The van der Waals surface area contributed by atoms with Crippen LogP contribution in [0.2, 0.25) is 0 Å². The Morgan fingerprint density at radius 3 is 2.60 bits per heavy atom. The van der Waals surface area contributed by atoms with E-state index in [0.29, 0.717) is 12.0 Å². The summed E-state index contributed by atoms with van der Waals surface area (Å²) in [5.41, 5.74) is 0. The zero-order valence-electron chi connectivity index (χ0n) is 9.95. The Bertz CT molecular complexity index is 284. The maximum atomic E-state index is 4.37. The molecule has 1 aromatic heterocycles. The molecule has 84 valence electrons. The van der Waals surface area contributed by atoms with Crippen LogP contribution < -0.4 is 5.32 Å². The standard InChI is InChI=1S/C12H20N2S/c1-5-9(2)10(3)14-12-7-6-11(15-4)8-13-12/h6-10H,5H2,1-4H3,(H,13,14). The second-order valence-corrected chi connectivity index (χ2v) is 4.78. The van der Waals surface area contributed by atoms with Crippen LogP contribution in [0.15, 0.2) is 23.2 Å². The molecule has 0 aromatic carbocycles. The monoisotopic (exact) mass is 224 g/mol. The Kier molecular flexibility index (Phi) is 4.95. The molecular formula is C12H20N2S. The molecule has 0 bridgehead atoms. The van der Waals surface area contributed by atoms with Gasteiger partial charge in [-0.1, -0.05) is 20.3 Å². The summed E-state index contributed by atoms with van der Waals surface area (Å²) in [4.78, 5) is 5.58. The largest absolute Gasteiger partial charge is 0.367 e. The second-order valence-electron chi connectivity index (χ2n) is 3.90. The quantitative estimate of drug-likeness (QED) is 0.773. The van der Waals surface area contributed by atoms with Crippen LogP contribution in [0.25, 0.3) is 0 Å². The number of aromatic nitrogens is 1. The van der Waals surface area contributed by atoms with Gasteiger partial charge in [0, 0.05) is 17.1 Å². The van der Waals surface area contributed by atoms with Gasteiger partial charge in [0.1, 0.15) is 5.82 Å². The minimum atomic E-state index is 0.475. The molecule has 0 aliphatic heterocycles. The maximum absolute atomic E-state index is 4.37. The molecule has 2 atom stereocenters. The zero-order chi connectivity index (χ0) is 11.3. The SMILES string of the molecule is CCC(C)C(C)Nc1ccc(SC)cn1. The number of hydrogen-bond acceptors (Lipinski definition) is 3. The molecule has 0 aliphatic rings. The Morgan fingerprint density at radius 1 is 1.40 bits per heavy atom. The van der Waals surface area contributed by atoms with Crippen LogP contribution in [0.1, 0.15) is 27.2 Å². The molecule has 0 spiro atoms. The summed E-state index contributed by atoms with van der Waals surface area (Å²) in [7, 11) is 0. The summed E-state index contributed by atoms with van der Waals surface area (Å²) in [6, 6.07) is 4.62. The molecule has 0 saturated carbocycles. The van der Waals surface area contributed by atoms with Gasteiger partial charge in [0.25, 0.3) is 0 Å². The van der Waals surface area contributed by atoms with Crippen LogP contribution >= 0.6 is 11.8 Å². The fourth-order valence-corrected chi connectivity index (χ4v) is 1.68. The molecular weight excluding hydrogens is 204 g/mol. The summed E-state index contributed by atoms with van der Waals surface area (Å²) < 4.78 is 0. The van der Waals surface area contributed by atoms with E-state index in [-0.39, 0.29) is 0 Å². The number of anilines is 1. The molecule has 15 heavy (non-hydrogen) atoms. The van der Waals surface area contributed by atoms with Crippen molar-refractivity contribution < 1.29 is 0 Å². The predicted octanol–water partition coefficient (Wildman–Crippen LogP) is 3.65. The first-order valence-electron chi connectivity index (χ1n) is 5.44. The molecule has 0 aliphatic carbocycles. The lowest BCUT2D eigenvalue weighted by molar-refractivity contribution is 0.493. The third-order valence-corrected chi connectivity index (χ3v) is 3.56. The number of pyridine rings is 1. The maximum Gasteiger partial charge on any atom is 0.126 e. The molecule has 1 N–H and O–H groups in total. The van der Waals surface area contributed by atoms with Gasteiger partial charge in [-0.2, -0.15) is 0 Å². The second kappa shape index (κ2) is 6.01. The van der Waals surface area contributed by atoms with E-state index in [0.717, 1.165) is 5.82 Å². The minimum Gasteiger partial charge on any atom is -0.367 e. The Hall–Kier alpha value is -0.700. The normalized spacial score (nSPS) is 14.7. The van der Waals surface area contributed by atoms with E-state index in [1.807, 2.05) is 12.3 Å². The van der Waals surface area contributed by atoms with E-state index in [1.54, 1.807) is 11.8 Å². The lowest BCUT2D eigenvalue weighted by Crippen LogP contribution is -2.23. The van der Waals surface area contributed by atoms with Crippen molar-refractivity contribution in [3.05, 3.63) is 18.3 Å². The highest BCUT2D eigenvalue weighted by molar-refractivity contribution is 7.98. The van der Waals surface area contributed by atoms with Crippen LogP contribution in [0.4, 0.5) is 5.82 Å². The van der Waals surface area contributed by atoms with Crippen molar-refractivity contribution in [3.8, 4) is 0 Å². The fraction of sp³-hybridized carbons (Fsp3) is 0.583. The highest BCUT2D eigenvalue weighted by Crippen LogP contribution is 2.17. The van der Waals surface area contributed by atoms with Crippen molar-refractivity contribution in [2.75, 3.05) is 11.6 Å². The molecule has 1 aromatic rings. The van der Waals surface area contributed by atoms with Gasteiger partial charge in [-0.15, -0.1) is 11.8 Å². The number of thioether (sulfide) groups is 1. The first-order valence-corrected chi connectivity index (χ1v) is 6.66. The van der Waals surface area contributed by atoms with E-state index in [4.69, 9.17) is 0 Å². The third-order valence-electron chi connectivity index (χ3n) is 2.85. The summed E-state index contributed by atoms with van der Waals surface area (Å²) >= 11 is 1.72. The van der Waals surface area contributed by atoms with E-state index < -0.39 is 0 Å². The van der Waals surface area contributed by atoms with Crippen molar-refractivity contribution in [3.63, 3.8) is 0 Å². The number of nitrogens with one attached hydrogen (secondary N) is 1. The van der Waals surface area contributed by atoms with Crippen molar-refractivity contribution >= 4 is 17.6 Å². The number of hydrogen-bond donors (Lipinski definition) is 1. The van der Waals surface area contributed by atoms with Crippen LogP contribution in [0.3, 0.4) is 0 Å². The van der Waals surface area contributed by atoms with Gasteiger partial charge in [0.05, 0.1) is 0 Å². The van der Waals surface area contributed by atoms with Gasteiger partial charge in [0.2, 0.25) is 0 Å². The lowest BCUT2D eigenvalue weighted by atomic mass is 10.0. The van der Waals surface area contributed by atoms with Crippen LogP contribution in [0, 0.1) is 5.92 Å². The summed E-state index contributed by atoms with van der Waals surface area (Å²) in [5.74, 6) is 1.65. The lowest BCUT2D eigenvalue weighted by Gasteiger charge is -2.20. The van der Waals surface area contributed by atoms with Crippen LogP contribution in [0.5, 0.6) is 0 Å². The third kappa shape index (κ3) is 3.74. The molecule has 1 rings (SSSR count). The number of nitrogens with zero attached hydrogens (tertiary/aromatic N) is 1. The van der Waals surface area contributed by atoms with Gasteiger partial charge < -0.3 is 5.32 Å². The smallest absolute Gasteiger partial charge is 0.126 e. The van der Waals surface area contributed by atoms with Gasteiger partial charge in [-0.3, -0.25) is 0 Å². The molecule has 2 unspecified atom stereocenters. The molecule has 3 heteroatoms. The predicted molar refractivity (Wildman–Crippen MR) is 68.6 cm³/mol. The van der Waals surface area contributed by atoms with Gasteiger partial charge >= 0.3 is 0 Å². The average molecular weight is 224 g/mol. The van der Waals surface area contributed by atoms with Gasteiger partial charge in [-0.25, -0.2) is 4.98 Å². The summed E-state index contributed by atoms with van der Waals surface area (Å²) in [6.07, 6.45) is 5.17. The van der Waals surface area contributed by atoms with Crippen molar-refractivity contribution in [2.24, 2.45) is 5.92 Å². The molecule has 0 fully saturated rings. The van der Waals surface area contributed by atoms with Crippen molar-refractivity contribution in [1.82, 2.24) is 4.98 Å². The Balaban J connectivity index is 2.57. The molecule has 0 amide bonds. The minimum absolute atomic E-state index is 0.475. The first kappa shape index (κ1) is 12.4. The summed E-state index contributed by atoms with van der Waals surface area (Å²) in [6.45, 7) is 6.68. The summed E-state index contributed by atoms with van der Waals surface area (Å²) in [5, 5.41) is 3.42. The number of rotatable bonds is 5. The fourth-order valence-electron chi connectivity index (χ4n) is 1.32. The molecule has 0 saturated heterocycles. The van der Waals surface area contributed by atoms with Gasteiger partial charge in [0.15, 0.2) is 0 Å². The van der Waals surface area contributed by atoms with Crippen molar-refractivity contribution in [2.45, 2.75) is 38.1 Å². The van der Waals surface area contributed by atoms with Crippen LogP contribution in [-0.4, -0.2) is 17.3 Å². The van der Waals surface area contributed by atoms with Crippen LogP contribution in [-0.2, 0) is 0 Å². The molecule has 0 radical (unpaired) electrons. The topological polar surface area (TPSA) is 24.9 Å².